The first kappa shape index (κ1) is 19.0. The van der Waals surface area contributed by atoms with Gasteiger partial charge in [0.1, 0.15) is 5.82 Å². The Morgan fingerprint density at radius 2 is 2.12 bits per heavy atom. The molecule has 1 aromatic carbocycles. The molecule has 0 spiro atoms. The molecule has 1 aromatic heterocycles. The van der Waals surface area contributed by atoms with Crippen molar-refractivity contribution in [3.05, 3.63) is 42.5 Å². The SMILES string of the molecule is CC(C)(C)NC(=O)COC(=O)CSc1nccn1-c1cccc(F)c1. The van der Waals surface area contributed by atoms with E-state index in [2.05, 4.69) is 10.3 Å². The predicted octanol–water partition coefficient (Wildman–Crippen LogP) is 2.56. The summed E-state index contributed by atoms with van der Waals surface area (Å²) in [5.74, 6) is -1.24. The summed E-state index contributed by atoms with van der Waals surface area (Å²) in [4.78, 5) is 27.6. The van der Waals surface area contributed by atoms with Gasteiger partial charge in [0.05, 0.1) is 11.4 Å². The number of hydrogen-bond acceptors (Lipinski definition) is 5. The van der Waals surface area contributed by atoms with Crippen LogP contribution in [0.15, 0.2) is 41.8 Å². The van der Waals surface area contributed by atoms with Crippen molar-refractivity contribution in [3.8, 4) is 5.69 Å². The molecular formula is C17H20FN3O3S. The minimum atomic E-state index is -0.525. The zero-order valence-electron chi connectivity index (χ0n) is 14.3. The molecular weight excluding hydrogens is 345 g/mol. The van der Waals surface area contributed by atoms with E-state index in [0.29, 0.717) is 10.8 Å². The number of aromatic nitrogens is 2. The molecule has 6 nitrogen and oxygen atoms in total. The molecule has 2 rings (SSSR count). The van der Waals surface area contributed by atoms with Crippen LogP contribution in [0.1, 0.15) is 20.8 Å². The minimum Gasteiger partial charge on any atom is -0.455 e. The summed E-state index contributed by atoms with van der Waals surface area (Å²) in [5.41, 5.74) is 0.228. The molecule has 0 radical (unpaired) electrons. The summed E-state index contributed by atoms with van der Waals surface area (Å²) < 4.78 is 20.0. The van der Waals surface area contributed by atoms with E-state index >= 15 is 0 Å². The number of esters is 1. The fourth-order valence-corrected chi connectivity index (χ4v) is 2.76. The van der Waals surface area contributed by atoms with Gasteiger partial charge in [-0.2, -0.15) is 0 Å². The smallest absolute Gasteiger partial charge is 0.316 e. The largest absolute Gasteiger partial charge is 0.455 e. The molecule has 8 heteroatoms. The molecule has 0 unspecified atom stereocenters. The molecule has 0 aliphatic rings. The molecule has 0 bridgehead atoms. The minimum absolute atomic E-state index is 0.00483. The van der Waals surface area contributed by atoms with Crippen LogP contribution in [0.25, 0.3) is 5.69 Å². The monoisotopic (exact) mass is 365 g/mol. The van der Waals surface area contributed by atoms with Crippen LogP contribution in [0, 0.1) is 5.82 Å². The van der Waals surface area contributed by atoms with Gasteiger partial charge in [0.2, 0.25) is 0 Å². The number of nitrogens with zero attached hydrogens (tertiary/aromatic N) is 2. The Morgan fingerprint density at radius 3 is 2.80 bits per heavy atom. The Hall–Kier alpha value is -2.35. The maximum absolute atomic E-state index is 13.3. The molecule has 0 fully saturated rings. The van der Waals surface area contributed by atoms with Crippen molar-refractivity contribution < 1.29 is 18.7 Å². The number of thioether (sulfide) groups is 1. The third-order valence-corrected chi connectivity index (χ3v) is 3.83. The molecule has 25 heavy (non-hydrogen) atoms. The molecule has 0 aliphatic carbocycles. The van der Waals surface area contributed by atoms with Gasteiger partial charge < -0.3 is 10.1 Å². The molecule has 1 N–H and O–H groups in total. The molecule has 0 saturated carbocycles. The van der Waals surface area contributed by atoms with Crippen molar-refractivity contribution in [1.29, 1.82) is 0 Å². The Bertz CT molecular complexity index is 756. The lowest BCUT2D eigenvalue weighted by Gasteiger charge is -2.20. The molecule has 1 amide bonds. The fourth-order valence-electron chi connectivity index (χ4n) is 1.98. The first-order valence-electron chi connectivity index (χ1n) is 7.63. The molecule has 0 atom stereocenters. The standard InChI is InChI=1S/C17H20FN3O3S/c1-17(2,3)20-14(22)10-24-15(23)11-25-16-19-7-8-21(16)13-6-4-5-12(18)9-13/h4-9H,10-11H2,1-3H3,(H,20,22). The summed E-state index contributed by atoms with van der Waals surface area (Å²) in [6, 6.07) is 6.07. The normalized spacial score (nSPS) is 11.2. The Balaban J connectivity index is 1.87. The molecule has 1 heterocycles. The van der Waals surface area contributed by atoms with E-state index in [4.69, 9.17) is 4.74 Å². The van der Waals surface area contributed by atoms with Gasteiger partial charge in [0.25, 0.3) is 5.91 Å². The highest BCUT2D eigenvalue weighted by molar-refractivity contribution is 7.99. The average molecular weight is 365 g/mol. The van der Waals surface area contributed by atoms with E-state index in [1.165, 1.54) is 12.1 Å². The van der Waals surface area contributed by atoms with Crippen LogP contribution in [0.4, 0.5) is 4.39 Å². The van der Waals surface area contributed by atoms with E-state index in [0.717, 1.165) is 11.8 Å². The number of rotatable bonds is 6. The van der Waals surface area contributed by atoms with Crippen LogP contribution in [0.2, 0.25) is 0 Å². The lowest BCUT2D eigenvalue weighted by molar-refractivity contribution is -0.146. The number of hydrogen-bond donors (Lipinski definition) is 1. The highest BCUT2D eigenvalue weighted by atomic mass is 32.2. The second-order valence-electron chi connectivity index (χ2n) is 6.31. The summed E-state index contributed by atoms with van der Waals surface area (Å²) in [7, 11) is 0. The van der Waals surface area contributed by atoms with Gasteiger partial charge >= 0.3 is 5.97 Å². The van der Waals surface area contributed by atoms with Crippen LogP contribution in [0.3, 0.4) is 0 Å². The van der Waals surface area contributed by atoms with E-state index in [-0.39, 0.29) is 29.6 Å². The highest BCUT2D eigenvalue weighted by Gasteiger charge is 2.16. The number of benzene rings is 1. The maximum atomic E-state index is 13.3. The first-order valence-corrected chi connectivity index (χ1v) is 8.62. The van der Waals surface area contributed by atoms with E-state index in [1.54, 1.807) is 29.1 Å². The summed E-state index contributed by atoms with van der Waals surface area (Å²) in [6.07, 6.45) is 3.24. The Morgan fingerprint density at radius 1 is 1.36 bits per heavy atom. The maximum Gasteiger partial charge on any atom is 0.316 e. The first-order chi connectivity index (χ1) is 11.7. The van der Waals surface area contributed by atoms with Gasteiger partial charge in [-0.25, -0.2) is 9.37 Å². The third kappa shape index (κ3) is 6.22. The molecule has 0 saturated heterocycles. The summed E-state index contributed by atoms with van der Waals surface area (Å²) in [6.45, 7) is 5.20. The van der Waals surface area contributed by atoms with E-state index in [9.17, 15) is 14.0 Å². The van der Waals surface area contributed by atoms with Crippen molar-refractivity contribution in [3.63, 3.8) is 0 Å². The van der Waals surface area contributed by atoms with E-state index < -0.39 is 5.97 Å². The number of halogens is 1. The van der Waals surface area contributed by atoms with Crippen LogP contribution in [-0.4, -0.2) is 39.3 Å². The second kappa shape index (κ2) is 8.15. The van der Waals surface area contributed by atoms with Gasteiger partial charge in [-0.1, -0.05) is 17.8 Å². The van der Waals surface area contributed by atoms with Gasteiger partial charge in [-0.15, -0.1) is 0 Å². The summed E-state index contributed by atoms with van der Waals surface area (Å²) >= 11 is 1.15. The van der Waals surface area contributed by atoms with Crippen LogP contribution in [0.5, 0.6) is 0 Å². The number of carbonyl (C=O) groups is 2. The van der Waals surface area contributed by atoms with Crippen LogP contribution < -0.4 is 5.32 Å². The summed E-state index contributed by atoms with van der Waals surface area (Å²) in [5, 5.41) is 3.23. The molecule has 134 valence electrons. The van der Waals surface area contributed by atoms with Gasteiger partial charge in [0.15, 0.2) is 11.8 Å². The van der Waals surface area contributed by atoms with Crippen LogP contribution in [-0.2, 0) is 14.3 Å². The Labute approximate surface area is 149 Å². The lowest BCUT2D eigenvalue weighted by atomic mass is 10.1. The van der Waals surface area contributed by atoms with Gasteiger partial charge in [0, 0.05) is 17.9 Å². The number of ether oxygens (including phenoxy) is 1. The molecule has 0 aliphatic heterocycles. The predicted molar refractivity (Wildman–Crippen MR) is 93.1 cm³/mol. The zero-order chi connectivity index (χ0) is 18.4. The number of carbonyl (C=O) groups excluding carboxylic acids is 2. The number of amides is 1. The number of imidazole rings is 1. The van der Waals surface area contributed by atoms with Crippen molar-refractivity contribution in [1.82, 2.24) is 14.9 Å². The van der Waals surface area contributed by atoms with Crippen LogP contribution >= 0.6 is 11.8 Å². The quantitative estimate of drug-likeness (QED) is 0.629. The van der Waals surface area contributed by atoms with Crippen molar-refractivity contribution >= 4 is 23.6 Å². The zero-order valence-corrected chi connectivity index (χ0v) is 15.1. The average Bonchev–Trinajstić information content (AvgIpc) is 2.98. The molecule has 2 aromatic rings. The van der Waals surface area contributed by atoms with Crippen molar-refractivity contribution in [2.24, 2.45) is 0 Å². The topological polar surface area (TPSA) is 73.2 Å². The highest BCUT2D eigenvalue weighted by Crippen LogP contribution is 2.21. The second-order valence-corrected chi connectivity index (χ2v) is 7.25. The van der Waals surface area contributed by atoms with Crippen molar-refractivity contribution in [2.75, 3.05) is 12.4 Å². The van der Waals surface area contributed by atoms with Crippen molar-refractivity contribution in [2.45, 2.75) is 31.5 Å². The lowest BCUT2D eigenvalue weighted by Crippen LogP contribution is -2.42. The number of nitrogens with one attached hydrogen (secondary N) is 1. The van der Waals surface area contributed by atoms with Gasteiger partial charge in [-0.3, -0.25) is 14.2 Å². The van der Waals surface area contributed by atoms with E-state index in [1.807, 2.05) is 20.8 Å². The Kier molecular flexibility index (Phi) is 6.19. The van der Waals surface area contributed by atoms with Gasteiger partial charge in [-0.05, 0) is 39.0 Å². The third-order valence-electron chi connectivity index (χ3n) is 2.89. The fraction of sp³-hybridized carbons (Fsp3) is 0.353.